The van der Waals surface area contributed by atoms with Gasteiger partial charge in [-0.25, -0.2) is 4.79 Å². The van der Waals surface area contributed by atoms with E-state index in [2.05, 4.69) is 21.3 Å². The van der Waals surface area contributed by atoms with Gasteiger partial charge in [0, 0.05) is 19.5 Å². The number of esters is 1. The maximum Gasteiger partial charge on any atom is 0.408 e. The molecule has 17 heteroatoms. The maximum absolute atomic E-state index is 13.8. The van der Waals surface area contributed by atoms with Crippen molar-refractivity contribution in [1.82, 2.24) is 31.1 Å². The maximum atomic E-state index is 13.8. The van der Waals surface area contributed by atoms with Crippen LogP contribution in [0.15, 0.2) is 30.3 Å². The lowest BCUT2D eigenvalue weighted by atomic mass is 10.1. The largest absolute Gasteiger partial charge is 0.480 e. The fourth-order valence-electron chi connectivity index (χ4n) is 5.64. The second kappa shape index (κ2) is 18.7. The van der Waals surface area contributed by atoms with Gasteiger partial charge in [-0.3, -0.25) is 33.6 Å². The monoisotopic (exact) mass is 716 g/mol. The molecule has 2 aliphatic heterocycles. The summed E-state index contributed by atoms with van der Waals surface area (Å²) in [6.45, 7) is 5.81. The number of carbonyl (C=O) groups is 8. The molecule has 1 aromatic rings. The first-order valence-corrected chi connectivity index (χ1v) is 16.9. The minimum absolute atomic E-state index is 0.0405. The van der Waals surface area contributed by atoms with Crippen molar-refractivity contribution in [2.24, 2.45) is 0 Å². The van der Waals surface area contributed by atoms with Gasteiger partial charge in [-0.1, -0.05) is 30.3 Å². The molecule has 4 atom stereocenters. The number of ether oxygens (including phenoxy) is 2. The van der Waals surface area contributed by atoms with Crippen molar-refractivity contribution in [3.8, 4) is 0 Å². The summed E-state index contributed by atoms with van der Waals surface area (Å²) in [4.78, 5) is 104. The number of carboxylic acids is 1. The third-order valence-electron chi connectivity index (χ3n) is 8.17. The van der Waals surface area contributed by atoms with Gasteiger partial charge in [-0.2, -0.15) is 0 Å². The fourth-order valence-corrected chi connectivity index (χ4v) is 5.64. The van der Waals surface area contributed by atoms with Crippen LogP contribution in [-0.2, 0) is 49.6 Å². The molecular weight excluding hydrogens is 668 g/mol. The summed E-state index contributed by atoms with van der Waals surface area (Å²) in [5.74, 6) is -4.85. The molecule has 5 N–H and O–H groups in total. The summed E-state index contributed by atoms with van der Waals surface area (Å²) in [7, 11) is 0. The molecule has 51 heavy (non-hydrogen) atoms. The highest BCUT2D eigenvalue weighted by atomic mass is 16.6. The van der Waals surface area contributed by atoms with E-state index in [9.17, 15) is 38.4 Å². The number of hydrogen-bond acceptors (Lipinski definition) is 10. The molecule has 1 aromatic carbocycles. The fraction of sp³-hybridized carbons (Fsp3) is 0.588. The van der Waals surface area contributed by atoms with Gasteiger partial charge >= 0.3 is 18.0 Å². The number of rotatable bonds is 15. The lowest BCUT2D eigenvalue weighted by Gasteiger charge is -2.30. The molecule has 0 unspecified atom stereocenters. The molecular formula is C34H48N6O11. The van der Waals surface area contributed by atoms with Crippen molar-refractivity contribution in [2.75, 3.05) is 26.2 Å². The summed E-state index contributed by atoms with van der Waals surface area (Å²) in [6.07, 6.45) is 0.420. The van der Waals surface area contributed by atoms with Gasteiger partial charge in [0.2, 0.25) is 29.5 Å². The molecule has 2 heterocycles. The summed E-state index contributed by atoms with van der Waals surface area (Å²) in [6, 6.07) is 4.85. The molecule has 0 bridgehead atoms. The normalized spacial score (nSPS) is 18.2. The summed E-state index contributed by atoms with van der Waals surface area (Å²) < 4.78 is 10.7. The Morgan fingerprint density at radius 3 is 2.06 bits per heavy atom. The highest BCUT2D eigenvalue weighted by Crippen LogP contribution is 2.21. The molecule has 0 saturated carbocycles. The Balaban J connectivity index is 1.57. The highest BCUT2D eigenvalue weighted by Gasteiger charge is 2.39. The average Bonchev–Trinajstić information content (AvgIpc) is 3.77. The molecule has 6 amide bonds. The van der Waals surface area contributed by atoms with Crippen molar-refractivity contribution < 1.29 is 52.9 Å². The average molecular weight is 717 g/mol. The first-order chi connectivity index (χ1) is 24.1. The van der Waals surface area contributed by atoms with Crippen LogP contribution < -0.4 is 21.3 Å². The number of benzene rings is 1. The van der Waals surface area contributed by atoms with Crippen LogP contribution in [0.1, 0.15) is 71.8 Å². The second-order valence-corrected chi connectivity index (χ2v) is 13.4. The van der Waals surface area contributed by atoms with Crippen molar-refractivity contribution >= 4 is 47.6 Å². The topological polar surface area (TPSA) is 230 Å². The first kappa shape index (κ1) is 40.2. The number of alkyl carbamates (subject to hydrolysis) is 1. The predicted octanol–water partition coefficient (Wildman–Crippen LogP) is 0.207. The van der Waals surface area contributed by atoms with Crippen LogP contribution in [-0.4, -0.2) is 118 Å². The van der Waals surface area contributed by atoms with Gasteiger partial charge in [0.15, 0.2) is 0 Å². The lowest BCUT2D eigenvalue weighted by Crippen LogP contribution is -2.55. The molecule has 2 fully saturated rings. The van der Waals surface area contributed by atoms with Gasteiger partial charge in [0.1, 0.15) is 36.4 Å². The summed E-state index contributed by atoms with van der Waals surface area (Å²) in [5, 5.41) is 18.6. The SMILES string of the molecule is C[C@H](NC(=O)CNC(=O)[C@@H]1CCCN1C(=O)CNC(=O)[C@@H]1CCCN1C(=O)[C@H](CCC(=O)OCc1ccccc1)NC(=O)OC(C)(C)C)C(=O)O. The Morgan fingerprint density at radius 2 is 1.45 bits per heavy atom. The van der Waals surface area contributed by atoms with E-state index in [0.29, 0.717) is 25.7 Å². The van der Waals surface area contributed by atoms with E-state index in [1.165, 1.54) is 16.7 Å². The molecule has 280 valence electrons. The van der Waals surface area contributed by atoms with Crippen LogP contribution in [0.2, 0.25) is 0 Å². The molecule has 0 radical (unpaired) electrons. The number of aliphatic carboxylic acids is 1. The third-order valence-corrected chi connectivity index (χ3v) is 8.17. The van der Waals surface area contributed by atoms with Crippen LogP contribution in [0, 0.1) is 0 Å². The van der Waals surface area contributed by atoms with E-state index in [1.807, 2.05) is 18.2 Å². The standard InChI is InChI=1S/C34H48N6O11/c1-21(32(47)48)37-26(41)18-35-29(44)24-12-8-16-39(24)27(42)19-36-30(45)25-13-9-17-40(25)31(46)23(38-33(49)51-34(2,3)4)14-15-28(43)50-20-22-10-6-5-7-11-22/h5-7,10-11,21,23-25H,8-9,12-20H2,1-4H3,(H,35,44)(H,36,45)(H,37,41)(H,38,49)(H,47,48)/t21-,23-,24-,25-/m0/s1. The molecule has 17 nitrogen and oxygen atoms in total. The zero-order chi connectivity index (χ0) is 37.7. The van der Waals surface area contributed by atoms with Crippen LogP contribution >= 0.6 is 0 Å². The molecule has 2 aliphatic rings. The Bertz CT molecular complexity index is 1450. The second-order valence-electron chi connectivity index (χ2n) is 13.4. The van der Waals surface area contributed by atoms with E-state index in [1.54, 1.807) is 32.9 Å². The van der Waals surface area contributed by atoms with Crippen LogP contribution in [0.3, 0.4) is 0 Å². The lowest BCUT2D eigenvalue weighted by molar-refractivity contribution is -0.146. The number of amides is 6. The molecule has 3 rings (SSSR count). The quantitative estimate of drug-likeness (QED) is 0.154. The van der Waals surface area contributed by atoms with Crippen molar-refractivity contribution in [2.45, 2.75) is 103 Å². The predicted molar refractivity (Wildman–Crippen MR) is 179 cm³/mol. The summed E-state index contributed by atoms with van der Waals surface area (Å²) in [5.41, 5.74) is -0.0777. The highest BCUT2D eigenvalue weighted by molar-refractivity contribution is 5.95. The molecule has 0 spiro atoms. The van der Waals surface area contributed by atoms with E-state index in [-0.39, 0.29) is 32.5 Å². The van der Waals surface area contributed by atoms with E-state index in [0.717, 1.165) is 5.56 Å². The van der Waals surface area contributed by atoms with Crippen molar-refractivity contribution in [1.29, 1.82) is 0 Å². The number of hydrogen-bond donors (Lipinski definition) is 5. The number of likely N-dealkylation sites (tertiary alicyclic amines) is 2. The first-order valence-electron chi connectivity index (χ1n) is 16.9. The minimum Gasteiger partial charge on any atom is -0.480 e. The zero-order valence-corrected chi connectivity index (χ0v) is 29.4. The van der Waals surface area contributed by atoms with Crippen LogP contribution in [0.4, 0.5) is 4.79 Å². The van der Waals surface area contributed by atoms with Gasteiger partial charge < -0.3 is 45.6 Å². The van der Waals surface area contributed by atoms with E-state index < -0.39 is 90.4 Å². The molecule has 0 aromatic heterocycles. The van der Waals surface area contributed by atoms with E-state index in [4.69, 9.17) is 14.6 Å². The van der Waals surface area contributed by atoms with Gasteiger partial charge in [-0.15, -0.1) is 0 Å². The smallest absolute Gasteiger partial charge is 0.408 e. The third kappa shape index (κ3) is 12.9. The Labute approximate surface area is 296 Å². The van der Waals surface area contributed by atoms with Gasteiger partial charge in [0.25, 0.3) is 0 Å². The van der Waals surface area contributed by atoms with Crippen molar-refractivity contribution in [3.05, 3.63) is 35.9 Å². The molecule has 2 saturated heterocycles. The number of carbonyl (C=O) groups excluding carboxylic acids is 7. The minimum atomic E-state index is -1.23. The number of carboxylic acid groups (broad SMARTS) is 1. The van der Waals surface area contributed by atoms with E-state index >= 15 is 0 Å². The van der Waals surface area contributed by atoms with Gasteiger partial charge in [0.05, 0.1) is 13.1 Å². The number of nitrogens with one attached hydrogen (secondary N) is 4. The zero-order valence-electron chi connectivity index (χ0n) is 29.4. The molecule has 0 aliphatic carbocycles. The number of nitrogens with zero attached hydrogens (tertiary/aromatic N) is 2. The Hall–Kier alpha value is -5.22. The Kier molecular flexibility index (Phi) is 14.7. The Morgan fingerprint density at radius 1 is 0.863 bits per heavy atom. The van der Waals surface area contributed by atoms with Crippen LogP contribution in [0.25, 0.3) is 0 Å². The van der Waals surface area contributed by atoms with Crippen LogP contribution in [0.5, 0.6) is 0 Å². The van der Waals surface area contributed by atoms with Crippen molar-refractivity contribution in [3.63, 3.8) is 0 Å². The van der Waals surface area contributed by atoms with Gasteiger partial charge in [-0.05, 0) is 65.4 Å². The summed E-state index contributed by atoms with van der Waals surface area (Å²) >= 11 is 0.